The first-order chi connectivity index (χ1) is 12.8. The van der Waals surface area contributed by atoms with Crippen molar-refractivity contribution in [3.8, 4) is 11.1 Å². The molecule has 0 aliphatic heterocycles. The van der Waals surface area contributed by atoms with Gasteiger partial charge in [-0.3, -0.25) is 4.98 Å². The first-order valence-electron chi connectivity index (χ1n) is 8.03. The molecule has 0 saturated heterocycles. The van der Waals surface area contributed by atoms with Crippen molar-refractivity contribution in [1.82, 2.24) is 19.9 Å². The Bertz CT molecular complexity index is 1000. The zero-order valence-corrected chi connectivity index (χ0v) is 15.3. The van der Waals surface area contributed by atoms with Crippen LogP contribution in [0.4, 0.5) is 11.6 Å². The van der Waals surface area contributed by atoms with Gasteiger partial charge in [-0.1, -0.05) is 23.7 Å². The van der Waals surface area contributed by atoms with Gasteiger partial charge in [0.1, 0.15) is 22.8 Å². The fraction of sp³-hybridized carbons (Fsp3) is 0.111. The van der Waals surface area contributed by atoms with Crippen molar-refractivity contribution in [3.63, 3.8) is 0 Å². The lowest BCUT2D eigenvalue weighted by molar-refractivity contribution is 1.04. The van der Waals surface area contributed by atoms with Crippen LogP contribution in [0.2, 0.25) is 5.02 Å². The lowest BCUT2D eigenvalue weighted by atomic mass is 10.1. The smallest absolute Gasteiger partial charge is 0.144 e. The van der Waals surface area contributed by atoms with Gasteiger partial charge < -0.3 is 10.6 Å². The van der Waals surface area contributed by atoms with Gasteiger partial charge in [-0.2, -0.15) is 0 Å². The average Bonchev–Trinajstić information content (AvgIpc) is 3.12. The first kappa shape index (κ1) is 16.7. The van der Waals surface area contributed by atoms with Gasteiger partial charge in [0.25, 0.3) is 0 Å². The molecule has 130 valence electrons. The number of anilines is 2. The summed E-state index contributed by atoms with van der Waals surface area (Å²) < 4.78 is 0. The highest BCUT2D eigenvalue weighted by atomic mass is 35.5. The number of hydrogen-bond donors (Lipinski definition) is 2. The average molecular weight is 383 g/mol. The third-order valence-electron chi connectivity index (χ3n) is 3.81. The Labute approximate surface area is 159 Å². The van der Waals surface area contributed by atoms with E-state index in [2.05, 4.69) is 35.9 Å². The zero-order chi connectivity index (χ0) is 17.8. The van der Waals surface area contributed by atoms with Gasteiger partial charge in [0.05, 0.1) is 11.6 Å². The summed E-state index contributed by atoms with van der Waals surface area (Å²) in [5.74, 6) is 1.57. The Kier molecular flexibility index (Phi) is 4.90. The van der Waals surface area contributed by atoms with Crippen LogP contribution in [-0.4, -0.2) is 33.0 Å². The summed E-state index contributed by atoms with van der Waals surface area (Å²) in [7, 11) is 0. The van der Waals surface area contributed by atoms with Gasteiger partial charge in [0.15, 0.2) is 0 Å². The molecule has 4 aromatic rings. The van der Waals surface area contributed by atoms with Crippen LogP contribution in [0.15, 0.2) is 54.6 Å². The van der Waals surface area contributed by atoms with Crippen molar-refractivity contribution >= 4 is 44.8 Å². The number of halogens is 1. The maximum Gasteiger partial charge on any atom is 0.144 e. The zero-order valence-electron chi connectivity index (χ0n) is 13.7. The fourth-order valence-electron chi connectivity index (χ4n) is 2.61. The van der Waals surface area contributed by atoms with Gasteiger partial charge in [-0.15, -0.1) is 11.3 Å². The molecule has 0 fully saturated rings. The van der Waals surface area contributed by atoms with Crippen molar-refractivity contribution in [2.45, 2.75) is 0 Å². The van der Waals surface area contributed by atoms with E-state index in [1.165, 1.54) is 0 Å². The SMILES string of the molecule is Clc1ccc(-c2csc3ncnc(NCCNc4cnccn4)c23)cc1. The summed E-state index contributed by atoms with van der Waals surface area (Å²) in [6, 6.07) is 7.80. The minimum Gasteiger partial charge on any atom is -0.368 e. The molecule has 3 aromatic heterocycles. The molecule has 0 radical (unpaired) electrons. The molecule has 0 aliphatic rings. The van der Waals surface area contributed by atoms with Crippen LogP contribution in [0.5, 0.6) is 0 Å². The number of hydrogen-bond acceptors (Lipinski definition) is 7. The molecule has 0 unspecified atom stereocenters. The molecule has 0 spiro atoms. The molecule has 0 bridgehead atoms. The minimum atomic E-state index is 0.693. The van der Waals surface area contributed by atoms with Crippen LogP contribution in [0.3, 0.4) is 0 Å². The molecule has 3 heterocycles. The molecule has 26 heavy (non-hydrogen) atoms. The number of rotatable bonds is 6. The third kappa shape index (κ3) is 3.58. The predicted molar refractivity (Wildman–Crippen MR) is 107 cm³/mol. The number of benzene rings is 1. The number of nitrogens with one attached hydrogen (secondary N) is 2. The predicted octanol–water partition coefficient (Wildman–Crippen LogP) is 4.33. The van der Waals surface area contributed by atoms with Crippen molar-refractivity contribution in [3.05, 3.63) is 59.6 Å². The van der Waals surface area contributed by atoms with Crippen molar-refractivity contribution in [2.24, 2.45) is 0 Å². The molecule has 1 aromatic carbocycles. The van der Waals surface area contributed by atoms with Gasteiger partial charge in [-0.25, -0.2) is 15.0 Å². The summed E-state index contributed by atoms with van der Waals surface area (Å²) in [6.07, 6.45) is 6.59. The van der Waals surface area contributed by atoms with Crippen molar-refractivity contribution in [2.75, 3.05) is 23.7 Å². The van der Waals surface area contributed by atoms with E-state index in [9.17, 15) is 0 Å². The fourth-order valence-corrected chi connectivity index (χ4v) is 3.65. The second-order valence-electron chi connectivity index (χ2n) is 5.50. The molecular weight excluding hydrogens is 368 g/mol. The van der Waals surface area contributed by atoms with Crippen LogP contribution in [0.25, 0.3) is 21.3 Å². The van der Waals surface area contributed by atoms with E-state index < -0.39 is 0 Å². The summed E-state index contributed by atoms with van der Waals surface area (Å²) >= 11 is 7.61. The van der Waals surface area contributed by atoms with Crippen LogP contribution < -0.4 is 10.6 Å². The normalized spacial score (nSPS) is 10.8. The minimum absolute atomic E-state index is 0.693. The molecule has 4 rings (SSSR count). The molecule has 0 atom stereocenters. The summed E-state index contributed by atoms with van der Waals surface area (Å²) in [6.45, 7) is 1.39. The molecule has 0 saturated carbocycles. The van der Waals surface area contributed by atoms with E-state index in [1.54, 1.807) is 36.3 Å². The molecule has 0 amide bonds. The number of fused-ring (bicyclic) bond motifs is 1. The molecule has 0 aliphatic carbocycles. The van der Waals surface area contributed by atoms with Crippen LogP contribution in [-0.2, 0) is 0 Å². The Morgan fingerprint density at radius 3 is 2.62 bits per heavy atom. The van der Waals surface area contributed by atoms with Crippen molar-refractivity contribution in [1.29, 1.82) is 0 Å². The Balaban J connectivity index is 1.53. The molecular formula is C18H15ClN6S. The van der Waals surface area contributed by atoms with Gasteiger partial charge in [-0.05, 0) is 17.7 Å². The standard InChI is InChI=1S/C18H15ClN6S/c19-13-3-1-12(2-4-13)14-10-26-18-16(14)17(24-11-25-18)23-8-7-22-15-9-20-5-6-21-15/h1-6,9-11H,7-8H2,(H,21,22)(H,23,24,25). The number of nitrogens with zero attached hydrogens (tertiary/aromatic N) is 4. The molecule has 6 nitrogen and oxygen atoms in total. The number of aromatic nitrogens is 4. The summed E-state index contributed by atoms with van der Waals surface area (Å²) in [4.78, 5) is 18.0. The highest BCUT2D eigenvalue weighted by molar-refractivity contribution is 7.17. The first-order valence-corrected chi connectivity index (χ1v) is 9.29. The molecule has 8 heteroatoms. The van der Waals surface area contributed by atoms with E-state index in [0.717, 1.165) is 38.0 Å². The summed E-state index contributed by atoms with van der Waals surface area (Å²) in [5.41, 5.74) is 2.20. The second kappa shape index (κ2) is 7.63. The maximum atomic E-state index is 6.01. The third-order valence-corrected chi connectivity index (χ3v) is 4.95. The largest absolute Gasteiger partial charge is 0.368 e. The lowest BCUT2D eigenvalue weighted by Gasteiger charge is -2.09. The Morgan fingerprint density at radius 1 is 0.962 bits per heavy atom. The van der Waals surface area contributed by atoms with E-state index in [4.69, 9.17) is 11.6 Å². The maximum absolute atomic E-state index is 6.01. The molecule has 2 N–H and O–H groups in total. The summed E-state index contributed by atoms with van der Waals surface area (Å²) in [5, 5.41) is 10.5. The second-order valence-corrected chi connectivity index (χ2v) is 6.80. The topological polar surface area (TPSA) is 75.6 Å². The van der Waals surface area contributed by atoms with Gasteiger partial charge in [0, 0.05) is 41.4 Å². The highest BCUT2D eigenvalue weighted by Crippen LogP contribution is 2.36. The van der Waals surface area contributed by atoms with E-state index in [-0.39, 0.29) is 0 Å². The Hall–Kier alpha value is -2.77. The van der Waals surface area contributed by atoms with Crippen molar-refractivity contribution < 1.29 is 0 Å². The van der Waals surface area contributed by atoms with E-state index in [0.29, 0.717) is 13.1 Å². The Morgan fingerprint density at radius 2 is 1.81 bits per heavy atom. The lowest BCUT2D eigenvalue weighted by Crippen LogP contribution is -2.15. The van der Waals surface area contributed by atoms with Crippen LogP contribution >= 0.6 is 22.9 Å². The monoisotopic (exact) mass is 382 g/mol. The quantitative estimate of drug-likeness (QED) is 0.483. The van der Waals surface area contributed by atoms with E-state index >= 15 is 0 Å². The van der Waals surface area contributed by atoms with Crippen LogP contribution in [0.1, 0.15) is 0 Å². The highest BCUT2D eigenvalue weighted by Gasteiger charge is 2.12. The number of thiophene rings is 1. The van der Waals surface area contributed by atoms with E-state index in [1.807, 2.05) is 24.3 Å². The van der Waals surface area contributed by atoms with Gasteiger partial charge >= 0.3 is 0 Å². The van der Waals surface area contributed by atoms with Gasteiger partial charge in [0.2, 0.25) is 0 Å². The van der Waals surface area contributed by atoms with Crippen LogP contribution in [0, 0.1) is 0 Å².